The van der Waals surface area contributed by atoms with Gasteiger partial charge in [0, 0.05) is 12.1 Å². The number of hydrogen-bond acceptors (Lipinski definition) is 2. The quantitative estimate of drug-likeness (QED) is 0.868. The van der Waals surface area contributed by atoms with Gasteiger partial charge >= 0.3 is 0 Å². The molecule has 0 aliphatic heterocycles. The molecule has 1 heterocycles. The number of halogens is 3. The van der Waals surface area contributed by atoms with Crippen molar-refractivity contribution in [3.8, 4) is 11.3 Å². The molecule has 0 fully saturated rings. The maximum Gasteiger partial charge on any atom is 0.145 e. The molecular formula is C14H13Cl2FN2. The van der Waals surface area contributed by atoms with Crippen LogP contribution in [-0.4, -0.2) is 11.5 Å². The van der Waals surface area contributed by atoms with Crippen molar-refractivity contribution in [1.29, 1.82) is 0 Å². The average Bonchev–Trinajstić information content (AvgIpc) is 2.36. The Balaban J connectivity index is 2.54. The molecule has 5 heteroatoms. The van der Waals surface area contributed by atoms with E-state index in [2.05, 4.69) is 10.3 Å². The van der Waals surface area contributed by atoms with Crippen molar-refractivity contribution in [2.45, 2.75) is 13.8 Å². The molecule has 0 aliphatic rings. The molecule has 2 rings (SSSR count). The zero-order valence-corrected chi connectivity index (χ0v) is 12.1. The third-order valence-corrected chi connectivity index (χ3v) is 3.28. The molecule has 0 atom stereocenters. The summed E-state index contributed by atoms with van der Waals surface area (Å²) in [7, 11) is 0. The van der Waals surface area contributed by atoms with Crippen molar-refractivity contribution in [3.05, 3.63) is 45.7 Å². The Kier molecular flexibility index (Phi) is 4.27. The van der Waals surface area contributed by atoms with Gasteiger partial charge < -0.3 is 5.32 Å². The van der Waals surface area contributed by atoms with Gasteiger partial charge in [0.25, 0.3) is 0 Å². The number of benzene rings is 1. The monoisotopic (exact) mass is 298 g/mol. The summed E-state index contributed by atoms with van der Waals surface area (Å²) in [5, 5.41) is 3.97. The summed E-state index contributed by atoms with van der Waals surface area (Å²) in [4.78, 5) is 4.41. The van der Waals surface area contributed by atoms with Crippen LogP contribution in [0.3, 0.4) is 0 Å². The van der Waals surface area contributed by atoms with E-state index < -0.39 is 0 Å². The summed E-state index contributed by atoms with van der Waals surface area (Å²) in [6.45, 7) is 4.36. The van der Waals surface area contributed by atoms with Gasteiger partial charge in [0.15, 0.2) is 0 Å². The zero-order valence-electron chi connectivity index (χ0n) is 10.6. The fourth-order valence-corrected chi connectivity index (χ4v) is 2.29. The maximum atomic E-state index is 13.3. The molecule has 0 bridgehead atoms. The highest BCUT2D eigenvalue weighted by molar-refractivity contribution is 6.37. The Hall–Kier alpha value is -1.32. The predicted octanol–water partition coefficient (Wildman–Crippen LogP) is 4.93. The number of nitrogens with one attached hydrogen (secondary N) is 1. The minimum atomic E-state index is -0.249. The topological polar surface area (TPSA) is 24.9 Å². The second-order valence-electron chi connectivity index (χ2n) is 4.14. The minimum absolute atomic E-state index is 0.249. The molecule has 2 nitrogen and oxygen atoms in total. The zero-order chi connectivity index (χ0) is 14.0. The van der Waals surface area contributed by atoms with Crippen LogP contribution in [0.1, 0.15) is 12.5 Å². The standard InChI is InChI=1S/C14H13Cl2FN2/c1-3-18-14-11(16)7-10(15)13(19-14)9-4-5-12(17)8(2)6-9/h4-7H,3H2,1-2H3,(H,18,19). The number of aryl methyl sites for hydroxylation is 1. The van der Waals surface area contributed by atoms with Gasteiger partial charge in [-0.1, -0.05) is 23.2 Å². The summed E-state index contributed by atoms with van der Waals surface area (Å²) in [6.07, 6.45) is 0. The van der Waals surface area contributed by atoms with Crippen molar-refractivity contribution in [1.82, 2.24) is 4.98 Å². The summed E-state index contributed by atoms with van der Waals surface area (Å²) < 4.78 is 13.3. The minimum Gasteiger partial charge on any atom is -0.369 e. The van der Waals surface area contributed by atoms with E-state index in [0.29, 0.717) is 33.7 Å². The predicted molar refractivity (Wildman–Crippen MR) is 78.6 cm³/mol. The molecule has 1 aromatic heterocycles. The Labute approximate surface area is 121 Å². The van der Waals surface area contributed by atoms with Gasteiger partial charge in [0.2, 0.25) is 0 Å². The first-order chi connectivity index (χ1) is 9.02. The van der Waals surface area contributed by atoms with Gasteiger partial charge in [0.1, 0.15) is 11.6 Å². The number of pyridine rings is 1. The van der Waals surface area contributed by atoms with E-state index in [1.165, 1.54) is 6.07 Å². The number of rotatable bonds is 3. The van der Waals surface area contributed by atoms with Crippen molar-refractivity contribution in [2.24, 2.45) is 0 Å². The fourth-order valence-electron chi connectivity index (χ4n) is 1.75. The third kappa shape index (κ3) is 2.99. The van der Waals surface area contributed by atoms with Crippen LogP contribution in [0.5, 0.6) is 0 Å². The van der Waals surface area contributed by atoms with Crippen LogP contribution < -0.4 is 5.32 Å². The van der Waals surface area contributed by atoms with Gasteiger partial charge in [0.05, 0.1) is 15.7 Å². The van der Waals surface area contributed by atoms with E-state index in [1.807, 2.05) is 6.92 Å². The SMILES string of the molecule is CCNc1nc(-c2ccc(F)c(C)c2)c(Cl)cc1Cl. The number of aromatic nitrogens is 1. The smallest absolute Gasteiger partial charge is 0.145 e. The van der Waals surface area contributed by atoms with Crippen LogP contribution in [0, 0.1) is 12.7 Å². The van der Waals surface area contributed by atoms with Crippen molar-refractivity contribution in [3.63, 3.8) is 0 Å². The molecular weight excluding hydrogens is 286 g/mol. The molecule has 1 N–H and O–H groups in total. The van der Waals surface area contributed by atoms with Gasteiger partial charge in [-0.05, 0) is 43.7 Å². The molecule has 100 valence electrons. The number of hydrogen-bond donors (Lipinski definition) is 1. The number of nitrogens with zero attached hydrogens (tertiary/aromatic N) is 1. The lowest BCUT2D eigenvalue weighted by atomic mass is 10.1. The molecule has 1 aromatic carbocycles. The Morgan fingerprint density at radius 2 is 1.95 bits per heavy atom. The lowest BCUT2D eigenvalue weighted by Gasteiger charge is -2.10. The molecule has 0 amide bonds. The highest BCUT2D eigenvalue weighted by atomic mass is 35.5. The van der Waals surface area contributed by atoms with Gasteiger partial charge in [-0.3, -0.25) is 0 Å². The van der Waals surface area contributed by atoms with Crippen LogP contribution >= 0.6 is 23.2 Å². The Bertz CT molecular complexity index is 615. The highest BCUT2D eigenvalue weighted by Gasteiger charge is 2.11. The molecule has 0 saturated heterocycles. The summed E-state index contributed by atoms with van der Waals surface area (Å²) in [5.41, 5.74) is 1.90. The van der Waals surface area contributed by atoms with E-state index in [9.17, 15) is 4.39 Å². The van der Waals surface area contributed by atoms with Crippen molar-refractivity contribution in [2.75, 3.05) is 11.9 Å². The molecule has 0 aliphatic carbocycles. The lowest BCUT2D eigenvalue weighted by molar-refractivity contribution is 0.619. The third-order valence-electron chi connectivity index (χ3n) is 2.71. The molecule has 0 unspecified atom stereocenters. The van der Waals surface area contributed by atoms with E-state index in [-0.39, 0.29) is 5.82 Å². The highest BCUT2D eigenvalue weighted by Crippen LogP contribution is 2.32. The first-order valence-corrected chi connectivity index (χ1v) is 6.65. The maximum absolute atomic E-state index is 13.3. The van der Waals surface area contributed by atoms with Crippen LogP contribution in [0.25, 0.3) is 11.3 Å². The first kappa shape index (κ1) is 14.1. The largest absolute Gasteiger partial charge is 0.369 e. The molecule has 2 aromatic rings. The van der Waals surface area contributed by atoms with Gasteiger partial charge in [-0.15, -0.1) is 0 Å². The van der Waals surface area contributed by atoms with E-state index >= 15 is 0 Å². The molecule has 0 saturated carbocycles. The normalized spacial score (nSPS) is 10.6. The van der Waals surface area contributed by atoms with Crippen LogP contribution in [0.15, 0.2) is 24.3 Å². The number of anilines is 1. The first-order valence-electron chi connectivity index (χ1n) is 5.89. The van der Waals surface area contributed by atoms with Crippen LogP contribution in [-0.2, 0) is 0 Å². The lowest BCUT2D eigenvalue weighted by Crippen LogP contribution is -2.01. The van der Waals surface area contributed by atoms with E-state index in [0.717, 1.165) is 5.56 Å². The Morgan fingerprint density at radius 3 is 2.58 bits per heavy atom. The van der Waals surface area contributed by atoms with Crippen molar-refractivity contribution < 1.29 is 4.39 Å². The van der Waals surface area contributed by atoms with Gasteiger partial charge in [-0.25, -0.2) is 9.37 Å². The second-order valence-corrected chi connectivity index (χ2v) is 4.96. The fraction of sp³-hybridized carbons (Fsp3) is 0.214. The van der Waals surface area contributed by atoms with E-state index in [4.69, 9.17) is 23.2 Å². The molecule has 0 radical (unpaired) electrons. The van der Waals surface area contributed by atoms with Crippen LogP contribution in [0.2, 0.25) is 10.0 Å². The molecule has 0 spiro atoms. The van der Waals surface area contributed by atoms with Gasteiger partial charge in [-0.2, -0.15) is 0 Å². The summed E-state index contributed by atoms with van der Waals surface area (Å²) in [6, 6.07) is 6.42. The summed E-state index contributed by atoms with van der Waals surface area (Å²) >= 11 is 12.2. The average molecular weight is 299 g/mol. The molecule has 19 heavy (non-hydrogen) atoms. The second kappa shape index (κ2) is 5.76. The van der Waals surface area contributed by atoms with E-state index in [1.54, 1.807) is 25.1 Å². The summed E-state index contributed by atoms with van der Waals surface area (Å²) in [5.74, 6) is 0.325. The van der Waals surface area contributed by atoms with Crippen molar-refractivity contribution >= 4 is 29.0 Å². The Morgan fingerprint density at radius 1 is 1.21 bits per heavy atom. The van der Waals surface area contributed by atoms with Crippen LogP contribution in [0.4, 0.5) is 10.2 Å².